The van der Waals surface area contributed by atoms with Crippen LogP contribution in [-0.4, -0.2) is 32.9 Å². The van der Waals surface area contributed by atoms with Crippen molar-refractivity contribution in [1.29, 1.82) is 5.41 Å². The molecule has 1 aromatic heterocycles. The van der Waals surface area contributed by atoms with Gasteiger partial charge in [-0.2, -0.15) is 15.1 Å². The number of nitrogens with zero attached hydrogens (tertiary/aromatic N) is 3. The molecule has 2 aliphatic heterocycles. The molecule has 0 fully saturated rings. The molecule has 0 unspecified atom stereocenters. The van der Waals surface area contributed by atoms with Gasteiger partial charge >= 0.3 is 5.97 Å². The first-order valence-corrected chi connectivity index (χ1v) is 12.1. The van der Waals surface area contributed by atoms with Crippen molar-refractivity contribution in [2.75, 3.05) is 0 Å². The molecule has 0 saturated heterocycles. The summed E-state index contributed by atoms with van der Waals surface area (Å²) in [6, 6.07) is 17.9. The van der Waals surface area contributed by atoms with Crippen LogP contribution in [0.1, 0.15) is 26.4 Å². The number of carbonyl (C=O) groups excluding carboxylic acids is 2. The molecule has 0 aliphatic carbocycles. The summed E-state index contributed by atoms with van der Waals surface area (Å²) in [5.41, 5.74) is 2.27. The minimum Gasteiger partial charge on any atom is -0.423 e. The number of aryl methyl sites for hydroxylation is 1. The van der Waals surface area contributed by atoms with Crippen LogP contribution in [0.2, 0.25) is 0 Å². The topological polar surface area (TPSA) is 95.2 Å². The van der Waals surface area contributed by atoms with Gasteiger partial charge in [0.15, 0.2) is 5.84 Å². The summed E-state index contributed by atoms with van der Waals surface area (Å²) in [5, 5.41) is 17.6. The number of hydrogen-bond donors (Lipinski definition) is 1. The number of hydrogen-bond acceptors (Lipinski definition) is 7. The number of thioether (sulfide) groups is 1. The second kappa shape index (κ2) is 9.20. The van der Waals surface area contributed by atoms with Gasteiger partial charge in [-0.05, 0) is 66.0 Å². The number of benzene rings is 2. The molecule has 9 heteroatoms. The Balaban J connectivity index is 1.31. The van der Waals surface area contributed by atoms with Crippen LogP contribution in [0, 0.1) is 12.3 Å². The molecule has 3 heterocycles. The van der Waals surface area contributed by atoms with E-state index in [2.05, 4.69) is 10.1 Å². The second-order valence-corrected chi connectivity index (χ2v) is 9.67. The maximum Gasteiger partial charge on any atom is 0.343 e. The van der Waals surface area contributed by atoms with E-state index in [1.165, 1.54) is 16.8 Å². The number of ether oxygens (including phenoxy) is 1. The van der Waals surface area contributed by atoms with Crippen molar-refractivity contribution in [1.82, 2.24) is 5.01 Å². The number of amidine groups is 2. The van der Waals surface area contributed by atoms with Crippen LogP contribution in [0.15, 0.2) is 81.7 Å². The molecule has 1 N–H and O–H groups in total. The summed E-state index contributed by atoms with van der Waals surface area (Å²) in [6.45, 7) is 1.91. The van der Waals surface area contributed by atoms with Crippen LogP contribution in [0.3, 0.4) is 0 Å². The fourth-order valence-electron chi connectivity index (χ4n) is 3.40. The monoisotopic (exact) mass is 486 g/mol. The van der Waals surface area contributed by atoms with Gasteiger partial charge in [0.2, 0.25) is 5.17 Å². The van der Waals surface area contributed by atoms with Crippen LogP contribution in [0.25, 0.3) is 6.08 Å². The van der Waals surface area contributed by atoms with Crippen molar-refractivity contribution in [3.8, 4) is 5.75 Å². The molecular formula is C25H18N4O3S2. The lowest BCUT2D eigenvalue weighted by molar-refractivity contribution is -0.114. The van der Waals surface area contributed by atoms with Gasteiger partial charge in [0.1, 0.15) is 10.8 Å². The number of fused-ring (bicyclic) bond motifs is 1. The van der Waals surface area contributed by atoms with Gasteiger partial charge in [-0.15, -0.1) is 11.3 Å². The summed E-state index contributed by atoms with van der Waals surface area (Å²) in [5.74, 6) is -0.550. The lowest BCUT2D eigenvalue weighted by Gasteiger charge is -2.20. The molecule has 0 bridgehead atoms. The molecule has 0 atom stereocenters. The third-order valence-corrected chi connectivity index (χ3v) is 6.84. The van der Waals surface area contributed by atoms with E-state index in [4.69, 9.17) is 10.1 Å². The van der Waals surface area contributed by atoms with Crippen LogP contribution in [-0.2, 0) is 11.2 Å². The fourth-order valence-corrected chi connectivity index (χ4v) is 5.11. The first-order chi connectivity index (χ1) is 16.5. The molecule has 2 aliphatic rings. The van der Waals surface area contributed by atoms with E-state index in [0.717, 1.165) is 15.5 Å². The van der Waals surface area contributed by atoms with Crippen molar-refractivity contribution in [3.05, 3.63) is 93.2 Å². The minimum absolute atomic E-state index is 0.0152. The number of rotatable bonds is 5. The van der Waals surface area contributed by atoms with Crippen LogP contribution < -0.4 is 4.74 Å². The zero-order chi connectivity index (χ0) is 23.7. The Morgan fingerprint density at radius 2 is 1.97 bits per heavy atom. The molecule has 3 aromatic rings. The van der Waals surface area contributed by atoms with Crippen molar-refractivity contribution < 1.29 is 14.3 Å². The molecule has 2 aromatic carbocycles. The number of hydrazone groups is 1. The largest absolute Gasteiger partial charge is 0.423 e. The van der Waals surface area contributed by atoms with E-state index in [0.29, 0.717) is 28.5 Å². The predicted octanol–water partition coefficient (Wildman–Crippen LogP) is 5.14. The molecule has 5 rings (SSSR count). The van der Waals surface area contributed by atoms with E-state index >= 15 is 0 Å². The standard InChI is InChI=1S/C25H18N4O3S2/c1-15-4-2-5-17(12-15)24(31)32-18-9-7-16(8-10-18)13-20-22(26)29-25(27-23(20)30)34-21(28-29)14-19-6-3-11-33-19/h2-13,26H,14H2,1H3/b20-13+,26-22?. The Kier molecular flexibility index (Phi) is 5.95. The Morgan fingerprint density at radius 1 is 1.15 bits per heavy atom. The Bertz CT molecular complexity index is 1390. The smallest absolute Gasteiger partial charge is 0.343 e. The Labute approximate surface area is 204 Å². The number of carbonyl (C=O) groups is 2. The van der Waals surface area contributed by atoms with Gasteiger partial charge < -0.3 is 4.74 Å². The zero-order valence-corrected chi connectivity index (χ0v) is 19.7. The maximum absolute atomic E-state index is 12.6. The van der Waals surface area contributed by atoms with E-state index in [-0.39, 0.29) is 11.4 Å². The van der Waals surface area contributed by atoms with Crippen molar-refractivity contribution >= 4 is 57.1 Å². The van der Waals surface area contributed by atoms with E-state index in [1.807, 2.05) is 30.5 Å². The maximum atomic E-state index is 12.6. The summed E-state index contributed by atoms with van der Waals surface area (Å²) >= 11 is 2.95. The number of thiophene rings is 1. The predicted molar refractivity (Wildman–Crippen MR) is 136 cm³/mol. The molecule has 1 amide bonds. The van der Waals surface area contributed by atoms with Crippen molar-refractivity contribution in [2.45, 2.75) is 13.3 Å². The molecule has 7 nitrogen and oxygen atoms in total. The molecule has 0 spiro atoms. The quantitative estimate of drug-likeness (QED) is 0.306. The van der Waals surface area contributed by atoms with Gasteiger partial charge in [-0.1, -0.05) is 35.9 Å². The highest BCUT2D eigenvalue weighted by molar-refractivity contribution is 8.27. The first kappa shape index (κ1) is 22.0. The number of aliphatic imine (C=N–C) groups is 1. The Hall–Kier alpha value is -3.82. The third-order valence-electron chi connectivity index (χ3n) is 5.06. The number of esters is 1. The van der Waals surface area contributed by atoms with Gasteiger partial charge in [0.25, 0.3) is 5.91 Å². The van der Waals surface area contributed by atoms with Gasteiger partial charge in [-0.25, -0.2) is 4.79 Å². The van der Waals surface area contributed by atoms with E-state index in [1.54, 1.807) is 59.9 Å². The van der Waals surface area contributed by atoms with Gasteiger partial charge in [0.05, 0.1) is 11.1 Å². The first-order valence-electron chi connectivity index (χ1n) is 10.4. The van der Waals surface area contributed by atoms with Crippen LogP contribution >= 0.6 is 23.1 Å². The summed E-state index contributed by atoms with van der Waals surface area (Å²) < 4.78 is 5.44. The van der Waals surface area contributed by atoms with Gasteiger partial charge in [-0.3, -0.25) is 10.2 Å². The Morgan fingerprint density at radius 3 is 2.71 bits per heavy atom. The zero-order valence-electron chi connectivity index (χ0n) is 18.0. The SMILES string of the molecule is Cc1cccc(C(=O)Oc2ccc(/C=C3\C(=N)N4N=C(Cc5cccs5)SC4=NC3=O)cc2)c1. The molecule has 0 radical (unpaired) electrons. The van der Waals surface area contributed by atoms with E-state index in [9.17, 15) is 9.59 Å². The van der Waals surface area contributed by atoms with Crippen LogP contribution in [0.5, 0.6) is 5.75 Å². The fraction of sp³-hybridized carbons (Fsp3) is 0.0800. The summed E-state index contributed by atoms with van der Waals surface area (Å²) in [4.78, 5) is 30.2. The second-order valence-electron chi connectivity index (χ2n) is 7.60. The molecular weight excluding hydrogens is 468 g/mol. The van der Waals surface area contributed by atoms with Crippen molar-refractivity contribution in [3.63, 3.8) is 0 Å². The average molecular weight is 487 g/mol. The highest BCUT2D eigenvalue weighted by atomic mass is 32.2. The highest BCUT2D eigenvalue weighted by Crippen LogP contribution is 2.30. The summed E-state index contributed by atoms with van der Waals surface area (Å²) in [6.07, 6.45) is 2.23. The normalized spacial score (nSPS) is 16.4. The van der Waals surface area contributed by atoms with E-state index < -0.39 is 11.9 Å². The molecule has 34 heavy (non-hydrogen) atoms. The van der Waals surface area contributed by atoms with Crippen LogP contribution in [0.4, 0.5) is 0 Å². The molecule has 0 saturated carbocycles. The lowest BCUT2D eigenvalue weighted by atomic mass is 10.1. The number of amides is 1. The van der Waals surface area contributed by atoms with Crippen molar-refractivity contribution in [2.24, 2.45) is 10.1 Å². The van der Waals surface area contributed by atoms with Gasteiger partial charge in [0, 0.05) is 11.3 Å². The number of nitrogens with one attached hydrogen (secondary N) is 1. The minimum atomic E-state index is -0.480. The summed E-state index contributed by atoms with van der Waals surface area (Å²) in [7, 11) is 0. The third kappa shape index (κ3) is 4.61. The average Bonchev–Trinajstić information content (AvgIpc) is 3.48. The lowest BCUT2D eigenvalue weighted by Crippen LogP contribution is -2.35. The molecule has 168 valence electrons. The highest BCUT2D eigenvalue weighted by Gasteiger charge is 2.35.